The quantitative estimate of drug-likeness (QED) is 0.824. The first kappa shape index (κ1) is 13.8. The Kier molecular flexibility index (Phi) is 4.74. The standard InChI is InChI=1S/C16H20O3/c1-12-5-2-3-7-15(12)11-19-10-13-6-4-8-14(9-13)16(17)18/h2-4,6,8-9,12,15H,5,7,10-11H2,1H3,(H,17,18)/t12-,15+/m0/s1. The molecule has 0 saturated carbocycles. The second-order valence-corrected chi connectivity index (χ2v) is 5.20. The monoisotopic (exact) mass is 260 g/mol. The first-order valence-electron chi connectivity index (χ1n) is 6.72. The third-order valence-electron chi connectivity index (χ3n) is 3.69. The summed E-state index contributed by atoms with van der Waals surface area (Å²) >= 11 is 0. The molecule has 0 saturated heterocycles. The van der Waals surface area contributed by atoms with Crippen LogP contribution < -0.4 is 0 Å². The summed E-state index contributed by atoms with van der Waals surface area (Å²) in [6, 6.07) is 6.93. The summed E-state index contributed by atoms with van der Waals surface area (Å²) in [6.07, 6.45) is 6.66. The summed E-state index contributed by atoms with van der Waals surface area (Å²) in [5.74, 6) is 0.343. The number of hydrogen-bond acceptors (Lipinski definition) is 2. The fourth-order valence-electron chi connectivity index (χ4n) is 2.36. The van der Waals surface area contributed by atoms with Crippen molar-refractivity contribution in [1.82, 2.24) is 0 Å². The van der Waals surface area contributed by atoms with E-state index in [2.05, 4.69) is 19.1 Å². The van der Waals surface area contributed by atoms with Crippen LogP contribution in [0.15, 0.2) is 36.4 Å². The van der Waals surface area contributed by atoms with E-state index in [1.807, 2.05) is 6.07 Å². The molecule has 2 atom stereocenters. The fraction of sp³-hybridized carbons (Fsp3) is 0.438. The minimum Gasteiger partial charge on any atom is -0.478 e. The Bertz CT molecular complexity index is 465. The maximum atomic E-state index is 10.9. The summed E-state index contributed by atoms with van der Waals surface area (Å²) in [6.45, 7) is 3.47. The highest BCUT2D eigenvalue weighted by atomic mass is 16.5. The van der Waals surface area contributed by atoms with Crippen LogP contribution in [0.25, 0.3) is 0 Å². The van der Waals surface area contributed by atoms with Gasteiger partial charge < -0.3 is 9.84 Å². The van der Waals surface area contributed by atoms with Crippen LogP contribution in [0.1, 0.15) is 35.7 Å². The lowest BCUT2D eigenvalue weighted by molar-refractivity contribution is 0.0672. The van der Waals surface area contributed by atoms with Crippen molar-refractivity contribution in [3.63, 3.8) is 0 Å². The highest BCUT2D eigenvalue weighted by Gasteiger charge is 2.18. The Balaban J connectivity index is 1.84. The number of aromatic carboxylic acids is 1. The van der Waals surface area contributed by atoms with Gasteiger partial charge >= 0.3 is 5.97 Å². The van der Waals surface area contributed by atoms with Gasteiger partial charge in [-0.05, 0) is 42.4 Å². The SMILES string of the molecule is C[C@H]1CC=CC[C@@H]1COCc1cccc(C(=O)O)c1. The zero-order valence-electron chi connectivity index (χ0n) is 11.2. The Labute approximate surface area is 113 Å². The van der Waals surface area contributed by atoms with Crippen LogP contribution in [0, 0.1) is 11.8 Å². The predicted octanol–water partition coefficient (Wildman–Crippen LogP) is 3.50. The second-order valence-electron chi connectivity index (χ2n) is 5.20. The maximum absolute atomic E-state index is 10.9. The lowest BCUT2D eigenvalue weighted by Crippen LogP contribution is -2.19. The predicted molar refractivity (Wildman–Crippen MR) is 74.1 cm³/mol. The summed E-state index contributed by atoms with van der Waals surface area (Å²) in [5, 5.41) is 8.92. The van der Waals surface area contributed by atoms with Crippen LogP contribution in [0.3, 0.4) is 0 Å². The molecule has 0 unspecified atom stereocenters. The lowest BCUT2D eigenvalue weighted by atomic mass is 9.85. The molecule has 0 amide bonds. The van der Waals surface area contributed by atoms with Crippen LogP contribution in [0.4, 0.5) is 0 Å². The van der Waals surface area contributed by atoms with E-state index in [0.29, 0.717) is 24.0 Å². The molecule has 1 aliphatic carbocycles. The van der Waals surface area contributed by atoms with Crippen molar-refractivity contribution in [1.29, 1.82) is 0 Å². The van der Waals surface area contributed by atoms with E-state index < -0.39 is 5.97 Å². The third kappa shape index (κ3) is 3.93. The summed E-state index contributed by atoms with van der Waals surface area (Å²) in [7, 11) is 0. The molecular formula is C16H20O3. The molecule has 1 aromatic rings. The number of rotatable bonds is 5. The fourth-order valence-corrected chi connectivity index (χ4v) is 2.36. The van der Waals surface area contributed by atoms with Crippen LogP contribution in [-0.2, 0) is 11.3 Å². The molecule has 0 aliphatic heterocycles. The van der Waals surface area contributed by atoms with Crippen molar-refractivity contribution in [2.75, 3.05) is 6.61 Å². The van der Waals surface area contributed by atoms with Crippen molar-refractivity contribution >= 4 is 5.97 Å². The van der Waals surface area contributed by atoms with E-state index in [4.69, 9.17) is 9.84 Å². The number of allylic oxidation sites excluding steroid dienone is 2. The Morgan fingerprint density at radius 3 is 2.89 bits per heavy atom. The van der Waals surface area contributed by atoms with Crippen LogP contribution in [-0.4, -0.2) is 17.7 Å². The molecule has 0 fully saturated rings. The van der Waals surface area contributed by atoms with Gasteiger partial charge in [0, 0.05) is 0 Å². The maximum Gasteiger partial charge on any atom is 0.335 e. The normalized spacial score (nSPS) is 22.4. The number of carboxylic acids is 1. The van der Waals surface area contributed by atoms with E-state index in [-0.39, 0.29) is 0 Å². The molecule has 19 heavy (non-hydrogen) atoms. The first-order chi connectivity index (χ1) is 9.16. The van der Waals surface area contributed by atoms with Gasteiger partial charge in [-0.3, -0.25) is 0 Å². The van der Waals surface area contributed by atoms with E-state index >= 15 is 0 Å². The Hall–Kier alpha value is -1.61. The van der Waals surface area contributed by atoms with E-state index in [9.17, 15) is 4.79 Å². The highest BCUT2D eigenvalue weighted by Crippen LogP contribution is 2.25. The highest BCUT2D eigenvalue weighted by molar-refractivity contribution is 5.87. The van der Waals surface area contributed by atoms with Crippen molar-refractivity contribution in [3.05, 3.63) is 47.5 Å². The third-order valence-corrected chi connectivity index (χ3v) is 3.69. The van der Waals surface area contributed by atoms with Crippen molar-refractivity contribution in [2.24, 2.45) is 11.8 Å². The van der Waals surface area contributed by atoms with E-state index in [1.54, 1.807) is 18.2 Å². The molecule has 102 valence electrons. The largest absolute Gasteiger partial charge is 0.478 e. The topological polar surface area (TPSA) is 46.5 Å². The molecule has 0 bridgehead atoms. The first-order valence-corrected chi connectivity index (χ1v) is 6.72. The number of benzene rings is 1. The van der Waals surface area contributed by atoms with Crippen LogP contribution >= 0.6 is 0 Å². The molecule has 0 radical (unpaired) electrons. The summed E-state index contributed by atoms with van der Waals surface area (Å²) in [5.41, 5.74) is 1.23. The Morgan fingerprint density at radius 1 is 1.37 bits per heavy atom. The van der Waals surface area contributed by atoms with Crippen molar-refractivity contribution < 1.29 is 14.6 Å². The molecule has 0 aromatic heterocycles. The Morgan fingerprint density at radius 2 is 2.16 bits per heavy atom. The molecule has 0 spiro atoms. The minimum absolute atomic E-state index is 0.315. The average Bonchev–Trinajstić information content (AvgIpc) is 2.41. The van der Waals surface area contributed by atoms with Crippen LogP contribution in [0.2, 0.25) is 0 Å². The minimum atomic E-state index is -0.895. The molecule has 3 heteroatoms. The smallest absolute Gasteiger partial charge is 0.335 e. The molecular weight excluding hydrogens is 240 g/mol. The molecule has 1 aromatic carbocycles. The molecule has 1 N–H and O–H groups in total. The van der Waals surface area contributed by atoms with Gasteiger partial charge in [-0.1, -0.05) is 31.2 Å². The second kappa shape index (κ2) is 6.53. The van der Waals surface area contributed by atoms with Crippen LogP contribution in [0.5, 0.6) is 0 Å². The van der Waals surface area contributed by atoms with Gasteiger partial charge in [0.15, 0.2) is 0 Å². The van der Waals surface area contributed by atoms with Crippen molar-refractivity contribution in [3.8, 4) is 0 Å². The number of hydrogen-bond donors (Lipinski definition) is 1. The summed E-state index contributed by atoms with van der Waals surface area (Å²) < 4.78 is 5.74. The van der Waals surface area contributed by atoms with E-state index in [1.165, 1.54) is 0 Å². The molecule has 0 heterocycles. The average molecular weight is 260 g/mol. The zero-order chi connectivity index (χ0) is 13.7. The van der Waals surface area contributed by atoms with Gasteiger partial charge in [0.25, 0.3) is 0 Å². The van der Waals surface area contributed by atoms with Gasteiger partial charge in [0.05, 0.1) is 18.8 Å². The number of ether oxygens (including phenoxy) is 1. The number of carbonyl (C=O) groups is 1. The van der Waals surface area contributed by atoms with Gasteiger partial charge in [0.1, 0.15) is 0 Å². The van der Waals surface area contributed by atoms with Gasteiger partial charge in [-0.2, -0.15) is 0 Å². The molecule has 2 rings (SSSR count). The van der Waals surface area contributed by atoms with Gasteiger partial charge in [0.2, 0.25) is 0 Å². The van der Waals surface area contributed by atoms with E-state index in [0.717, 1.165) is 25.0 Å². The van der Waals surface area contributed by atoms with Gasteiger partial charge in [-0.15, -0.1) is 0 Å². The molecule has 1 aliphatic rings. The van der Waals surface area contributed by atoms with Gasteiger partial charge in [-0.25, -0.2) is 4.79 Å². The lowest BCUT2D eigenvalue weighted by Gasteiger charge is -2.24. The number of carboxylic acid groups (broad SMARTS) is 1. The summed E-state index contributed by atoms with van der Waals surface area (Å²) in [4.78, 5) is 10.9. The molecule has 3 nitrogen and oxygen atoms in total. The zero-order valence-corrected chi connectivity index (χ0v) is 11.2. The van der Waals surface area contributed by atoms with Crippen molar-refractivity contribution in [2.45, 2.75) is 26.4 Å².